The molecule has 18 heavy (non-hydrogen) atoms. The monoisotopic (exact) mass is 268 g/mol. The largest absolute Gasteiger partial charge is 0.235 e. The molecule has 3 heterocycles. The molecule has 4 aromatic rings. The van der Waals surface area contributed by atoms with Crippen LogP contribution in [0.2, 0.25) is 0 Å². The molecular formula is C14H8N2S2. The van der Waals surface area contributed by atoms with Crippen LogP contribution in [0.15, 0.2) is 48.1 Å². The van der Waals surface area contributed by atoms with Crippen molar-refractivity contribution in [1.82, 2.24) is 9.97 Å². The van der Waals surface area contributed by atoms with E-state index in [9.17, 15) is 0 Å². The van der Waals surface area contributed by atoms with Gasteiger partial charge in [-0.05, 0) is 29.0 Å². The van der Waals surface area contributed by atoms with Crippen molar-refractivity contribution in [1.29, 1.82) is 0 Å². The molecule has 0 N–H and O–H groups in total. The van der Waals surface area contributed by atoms with Crippen molar-refractivity contribution in [3.05, 3.63) is 48.1 Å². The maximum absolute atomic E-state index is 4.45. The molecule has 0 radical (unpaired) electrons. The van der Waals surface area contributed by atoms with E-state index in [1.165, 1.54) is 19.7 Å². The molecule has 86 valence electrons. The molecule has 1 aromatic carbocycles. The van der Waals surface area contributed by atoms with E-state index in [4.69, 9.17) is 0 Å². The molecule has 0 aliphatic heterocycles. The van der Waals surface area contributed by atoms with Gasteiger partial charge in [0.25, 0.3) is 0 Å². The lowest BCUT2D eigenvalue weighted by Gasteiger charge is -1.96. The van der Waals surface area contributed by atoms with Crippen LogP contribution in [0, 0.1) is 0 Å². The number of aromatic nitrogens is 2. The minimum absolute atomic E-state index is 1.03. The lowest BCUT2D eigenvalue weighted by atomic mass is 10.2. The van der Waals surface area contributed by atoms with Crippen LogP contribution in [0.1, 0.15) is 0 Å². The normalized spacial score (nSPS) is 11.3. The maximum Gasteiger partial charge on any atom is 0.116 e. The number of hydrogen-bond acceptors (Lipinski definition) is 4. The van der Waals surface area contributed by atoms with Crippen LogP contribution < -0.4 is 0 Å². The van der Waals surface area contributed by atoms with Crippen molar-refractivity contribution in [2.24, 2.45) is 0 Å². The third-order valence-electron chi connectivity index (χ3n) is 2.90. The molecule has 0 bridgehead atoms. The summed E-state index contributed by atoms with van der Waals surface area (Å²) in [7, 11) is 0. The number of benzene rings is 1. The van der Waals surface area contributed by atoms with E-state index in [1.807, 2.05) is 6.07 Å². The molecule has 0 spiro atoms. The summed E-state index contributed by atoms with van der Waals surface area (Å²) in [6, 6.07) is 12.7. The molecule has 0 saturated carbocycles. The highest BCUT2D eigenvalue weighted by Crippen LogP contribution is 2.36. The highest BCUT2D eigenvalue weighted by atomic mass is 32.1. The Bertz CT molecular complexity index is 812. The van der Waals surface area contributed by atoms with Crippen molar-refractivity contribution in [2.75, 3.05) is 0 Å². The molecule has 0 fully saturated rings. The molecule has 0 saturated heterocycles. The molecule has 4 heteroatoms. The third kappa shape index (κ3) is 1.46. The summed E-state index contributed by atoms with van der Waals surface area (Å²) in [4.78, 5) is 9.95. The Morgan fingerprint density at radius 2 is 1.94 bits per heavy atom. The standard InChI is InChI=1S/C14H8N2S2/c1-2-4-11-9(3-1)7-12(18-11)13-14-10(5-6-17-14)15-8-16-13/h1-8H. The second-order valence-corrected chi connectivity index (χ2v) is 6.01. The fourth-order valence-corrected chi connectivity index (χ4v) is 4.04. The van der Waals surface area contributed by atoms with Crippen molar-refractivity contribution in [3.8, 4) is 10.6 Å². The molecule has 0 unspecified atom stereocenters. The molecule has 0 atom stereocenters. The summed E-state index contributed by atoms with van der Waals surface area (Å²) in [5.41, 5.74) is 2.08. The maximum atomic E-state index is 4.45. The van der Waals surface area contributed by atoms with Crippen LogP contribution in [0.5, 0.6) is 0 Å². The summed E-state index contributed by atoms with van der Waals surface area (Å²) in [5, 5.41) is 3.34. The summed E-state index contributed by atoms with van der Waals surface area (Å²) >= 11 is 3.49. The van der Waals surface area contributed by atoms with Crippen LogP contribution in [-0.4, -0.2) is 9.97 Å². The van der Waals surface area contributed by atoms with Crippen LogP contribution in [-0.2, 0) is 0 Å². The van der Waals surface area contributed by atoms with Crippen molar-refractivity contribution < 1.29 is 0 Å². The highest BCUT2D eigenvalue weighted by Gasteiger charge is 2.10. The fourth-order valence-electron chi connectivity index (χ4n) is 2.06. The zero-order valence-corrected chi connectivity index (χ0v) is 11.0. The zero-order chi connectivity index (χ0) is 11.9. The Kier molecular flexibility index (Phi) is 2.18. The van der Waals surface area contributed by atoms with Gasteiger partial charge >= 0.3 is 0 Å². The summed E-state index contributed by atoms with van der Waals surface area (Å²) in [6.07, 6.45) is 1.65. The molecular weight excluding hydrogens is 260 g/mol. The van der Waals surface area contributed by atoms with E-state index < -0.39 is 0 Å². The minimum Gasteiger partial charge on any atom is -0.235 e. The highest BCUT2D eigenvalue weighted by molar-refractivity contribution is 7.23. The van der Waals surface area contributed by atoms with Gasteiger partial charge in [0.2, 0.25) is 0 Å². The van der Waals surface area contributed by atoms with E-state index in [2.05, 4.69) is 45.7 Å². The Balaban J connectivity index is 2.04. The number of nitrogens with zero attached hydrogens (tertiary/aromatic N) is 2. The number of hydrogen-bond donors (Lipinski definition) is 0. The van der Waals surface area contributed by atoms with E-state index in [0.29, 0.717) is 0 Å². The predicted molar refractivity (Wildman–Crippen MR) is 78.2 cm³/mol. The number of fused-ring (bicyclic) bond motifs is 2. The van der Waals surface area contributed by atoms with Gasteiger partial charge in [0.05, 0.1) is 15.1 Å². The Morgan fingerprint density at radius 1 is 1.00 bits per heavy atom. The van der Waals surface area contributed by atoms with Crippen LogP contribution in [0.4, 0.5) is 0 Å². The predicted octanol–water partition coefficient (Wildman–Crippen LogP) is 4.57. The third-order valence-corrected chi connectivity index (χ3v) is 4.94. The quantitative estimate of drug-likeness (QED) is 0.505. The van der Waals surface area contributed by atoms with Gasteiger partial charge in [-0.15, -0.1) is 22.7 Å². The second kappa shape index (κ2) is 3.86. The Morgan fingerprint density at radius 3 is 2.89 bits per heavy atom. The molecule has 2 nitrogen and oxygen atoms in total. The Labute approximate surface area is 112 Å². The minimum atomic E-state index is 1.03. The van der Waals surface area contributed by atoms with Gasteiger partial charge in [-0.2, -0.15) is 0 Å². The second-order valence-electron chi connectivity index (χ2n) is 4.01. The number of thiophene rings is 2. The topological polar surface area (TPSA) is 25.8 Å². The van der Waals surface area contributed by atoms with Gasteiger partial charge in [0.15, 0.2) is 0 Å². The van der Waals surface area contributed by atoms with Gasteiger partial charge in [-0.3, -0.25) is 0 Å². The van der Waals surface area contributed by atoms with Gasteiger partial charge < -0.3 is 0 Å². The first kappa shape index (κ1) is 10.2. The van der Waals surface area contributed by atoms with Crippen molar-refractivity contribution in [2.45, 2.75) is 0 Å². The van der Waals surface area contributed by atoms with E-state index in [1.54, 1.807) is 29.0 Å². The van der Waals surface area contributed by atoms with Crippen molar-refractivity contribution in [3.63, 3.8) is 0 Å². The number of rotatable bonds is 1. The lowest BCUT2D eigenvalue weighted by molar-refractivity contribution is 1.24. The first-order valence-corrected chi connectivity index (χ1v) is 7.28. The van der Waals surface area contributed by atoms with Gasteiger partial charge in [-0.1, -0.05) is 18.2 Å². The fraction of sp³-hybridized carbons (Fsp3) is 0. The average molecular weight is 268 g/mol. The van der Waals surface area contributed by atoms with E-state index >= 15 is 0 Å². The summed E-state index contributed by atoms with van der Waals surface area (Å²) in [6.45, 7) is 0. The molecule has 0 aliphatic rings. The summed E-state index contributed by atoms with van der Waals surface area (Å²) < 4.78 is 2.47. The van der Waals surface area contributed by atoms with Crippen LogP contribution in [0.3, 0.4) is 0 Å². The van der Waals surface area contributed by atoms with E-state index in [0.717, 1.165) is 11.2 Å². The zero-order valence-electron chi connectivity index (χ0n) is 9.33. The SMILES string of the molecule is c1ccc2sc(-c3ncnc4ccsc34)cc2c1. The van der Waals surface area contributed by atoms with E-state index in [-0.39, 0.29) is 0 Å². The molecule has 4 rings (SSSR count). The average Bonchev–Trinajstić information content (AvgIpc) is 3.04. The Hall–Kier alpha value is -1.78. The smallest absolute Gasteiger partial charge is 0.116 e. The van der Waals surface area contributed by atoms with Crippen LogP contribution >= 0.6 is 22.7 Å². The summed E-state index contributed by atoms with van der Waals surface area (Å²) in [5.74, 6) is 0. The lowest BCUT2D eigenvalue weighted by Crippen LogP contribution is -1.82. The molecule has 0 amide bonds. The van der Waals surface area contributed by atoms with Gasteiger partial charge in [0.1, 0.15) is 12.0 Å². The first-order valence-electron chi connectivity index (χ1n) is 5.59. The van der Waals surface area contributed by atoms with Crippen LogP contribution in [0.25, 0.3) is 30.9 Å². The molecule has 3 aromatic heterocycles. The van der Waals surface area contributed by atoms with Gasteiger partial charge in [-0.25, -0.2) is 9.97 Å². The van der Waals surface area contributed by atoms with Gasteiger partial charge in [0, 0.05) is 4.70 Å². The van der Waals surface area contributed by atoms with Crippen molar-refractivity contribution >= 4 is 43.0 Å². The molecule has 0 aliphatic carbocycles. The first-order chi connectivity index (χ1) is 8.92.